The Hall–Kier alpha value is -0.710. The molecule has 0 aliphatic heterocycles. The second-order valence-electron chi connectivity index (χ2n) is 3.88. The molecule has 1 aromatic heterocycles. The fraction of sp³-hybridized carbons (Fsp3) is 0.231. The van der Waals surface area contributed by atoms with E-state index in [1.54, 1.807) is 11.3 Å². The van der Waals surface area contributed by atoms with Crippen molar-refractivity contribution in [1.29, 1.82) is 0 Å². The maximum absolute atomic E-state index is 12.9. The Bertz CT molecular complexity index is 480. The highest BCUT2D eigenvalue weighted by Crippen LogP contribution is 2.29. The van der Waals surface area contributed by atoms with E-state index in [9.17, 15) is 4.39 Å². The second kappa shape index (κ2) is 5.76. The molecule has 17 heavy (non-hydrogen) atoms. The van der Waals surface area contributed by atoms with Crippen LogP contribution in [0.2, 0.25) is 0 Å². The van der Waals surface area contributed by atoms with Crippen molar-refractivity contribution in [3.05, 3.63) is 56.4 Å². The van der Waals surface area contributed by atoms with Crippen molar-refractivity contribution in [3.8, 4) is 0 Å². The summed E-state index contributed by atoms with van der Waals surface area (Å²) in [4.78, 5) is 1.28. The van der Waals surface area contributed by atoms with E-state index in [4.69, 9.17) is 5.73 Å². The molecule has 0 radical (unpaired) electrons. The number of hydrogen-bond donors (Lipinski definition) is 1. The Labute approximate surface area is 113 Å². The first-order valence-corrected chi connectivity index (χ1v) is 7.05. The first-order valence-electron chi connectivity index (χ1n) is 5.38. The third kappa shape index (κ3) is 3.15. The van der Waals surface area contributed by atoms with Crippen molar-refractivity contribution in [1.82, 2.24) is 0 Å². The third-order valence-corrected chi connectivity index (χ3v) is 4.70. The van der Waals surface area contributed by atoms with Crippen LogP contribution < -0.4 is 5.73 Å². The lowest BCUT2D eigenvalue weighted by molar-refractivity contribution is 0.623. The molecule has 0 fully saturated rings. The molecule has 1 heterocycles. The van der Waals surface area contributed by atoms with Gasteiger partial charge >= 0.3 is 0 Å². The van der Waals surface area contributed by atoms with Gasteiger partial charge in [0.25, 0.3) is 0 Å². The van der Waals surface area contributed by atoms with Crippen LogP contribution in [0.1, 0.15) is 16.4 Å². The normalized spacial score (nSPS) is 12.6. The van der Waals surface area contributed by atoms with E-state index in [0.29, 0.717) is 6.54 Å². The van der Waals surface area contributed by atoms with Crippen LogP contribution in [0, 0.1) is 5.82 Å². The lowest BCUT2D eigenvalue weighted by atomic mass is 9.95. The summed E-state index contributed by atoms with van der Waals surface area (Å²) in [6.07, 6.45) is 0.889. The molecule has 2 rings (SSSR count). The Balaban J connectivity index is 2.17. The van der Waals surface area contributed by atoms with Gasteiger partial charge in [-0.05, 0) is 58.0 Å². The lowest BCUT2D eigenvalue weighted by Gasteiger charge is -2.14. The van der Waals surface area contributed by atoms with Crippen molar-refractivity contribution in [2.24, 2.45) is 5.73 Å². The summed E-state index contributed by atoms with van der Waals surface area (Å²) in [5.74, 6) is 0.0346. The minimum Gasteiger partial charge on any atom is -0.330 e. The van der Waals surface area contributed by atoms with Crippen LogP contribution in [0.5, 0.6) is 0 Å². The van der Waals surface area contributed by atoms with Gasteiger partial charge in [-0.3, -0.25) is 0 Å². The van der Waals surface area contributed by atoms with E-state index >= 15 is 0 Å². The van der Waals surface area contributed by atoms with E-state index in [0.717, 1.165) is 16.5 Å². The number of hydrogen-bond acceptors (Lipinski definition) is 2. The van der Waals surface area contributed by atoms with Gasteiger partial charge in [-0.2, -0.15) is 0 Å². The summed E-state index contributed by atoms with van der Waals surface area (Å²) < 4.78 is 14.0. The van der Waals surface area contributed by atoms with Gasteiger partial charge in [0.2, 0.25) is 0 Å². The minimum atomic E-state index is -0.207. The quantitative estimate of drug-likeness (QED) is 0.909. The SMILES string of the molecule is NCC(Cc1sccc1Br)c1ccc(F)cc1. The van der Waals surface area contributed by atoms with Crippen molar-refractivity contribution < 1.29 is 4.39 Å². The smallest absolute Gasteiger partial charge is 0.123 e. The molecule has 90 valence electrons. The van der Waals surface area contributed by atoms with Crippen LogP contribution in [-0.4, -0.2) is 6.54 Å². The predicted octanol–water partition coefficient (Wildman–Crippen LogP) is 3.93. The molecule has 0 saturated carbocycles. The molecular formula is C13H13BrFNS. The number of rotatable bonds is 4. The predicted molar refractivity (Wildman–Crippen MR) is 73.9 cm³/mol. The molecule has 1 nitrogen and oxygen atoms in total. The molecule has 2 aromatic rings. The zero-order valence-electron chi connectivity index (χ0n) is 9.20. The summed E-state index contributed by atoms with van der Waals surface area (Å²) in [5, 5.41) is 2.05. The van der Waals surface area contributed by atoms with Gasteiger partial charge in [0.05, 0.1) is 0 Å². The maximum Gasteiger partial charge on any atom is 0.123 e. The molecule has 0 spiro atoms. The fourth-order valence-corrected chi connectivity index (χ4v) is 3.36. The van der Waals surface area contributed by atoms with Crippen LogP contribution in [0.4, 0.5) is 4.39 Å². The highest BCUT2D eigenvalue weighted by atomic mass is 79.9. The van der Waals surface area contributed by atoms with E-state index in [-0.39, 0.29) is 11.7 Å². The Morgan fingerprint density at radius 3 is 2.47 bits per heavy atom. The Morgan fingerprint density at radius 1 is 1.24 bits per heavy atom. The molecule has 0 bridgehead atoms. The van der Waals surface area contributed by atoms with Gasteiger partial charge < -0.3 is 5.73 Å². The van der Waals surface area contributed by atoms with E-state index in [1.807, 2.05) is 18.2 Å². The van der Waals surface area contributed by atoms with E-state index in [2.05, 4.69) is 21.3 Å². The molecule has 0 aliphatic rings. The van der Waals surface area contributed by atoms with E-state index in [1.165, 1.54) is 17.0 Å². The molecule has 0 aliphatic carbocycles. The molecule has 1 atom stereocenters. The Kier molecular flexibility index (Phi) is 4.31. The average Bonchev–Trinajstić information content (AvgIpc) is 2.73. The minimum absolute atomic E-state index is 0.207. The molecule has 0 saturated heterocycles. The first kappa shape index (κ1) is 12.7. The summed E-state index contributed by atoms with van der Waals surface area (Å²) in [6, 6.07) is 8.64. The first-order chi connectivity index (χ1) is 8.20. The average molecular weight is 314 g/mol. The second-order valence-corrected chi connectivity index (χ2v) is 5.74. The molecule has 2 N–H and O–H groups in total. The van der Waals surface area contributed by atoms with Gasteiger partial charge in [-0.15, -0.1) is 11.3 Å². The largest absolute Gasteiger partial charge is 0.330 e. The molecule has 4 heteroatoms. The molecule has 0 amide bonds. The maximum atomic E-state index is 12.9. The molecule has 1 unspecified atom stereocenters. The van der Waals surface area contributed by atoms with Crippen molar-refractivity contribution >= 4 is 27.3 Å². The number of nitrogens with two attached hydrogens (primary N) is 1. The number of benzene rings is 1. The zero-order chi connectivity index (χ0) is 12.3. The van der Waals surface area contributed by atoms with Crippen LogP contribution in [0.15, 0.2) is 40.2 Å². The zero-order valence-corrected chi connectivity index (χ0v) is 11.6. The molecular weight excluding hydrogens is 301 g/mol. The fourth-order valence-electron chi connectivity index (χ4n) is 1.77. The van der Waals surface area contributed by atoms with Crippen molar-refractivity contribution in [2.45, 2.75) is 12.3 Å². The monoisotopic (exact) mass is 313 g/mol. The number of halogens is 2. The van der Waals surface area contributed by atoms with Crippen molar-refractivity contribution in [2.75, 3.05) is 6.54 Å². The topological polar surface area (TPSA) is 26.0 Å². The van der Waals surface area contributed by atoms with Crippen LogP contribution in [-0.2, 0) is 6.42 Å². The van der Waals surface area contributed by atoms with Gasteiger partial charge in [0, 0.05) is 15.3 Å². The highest BCUT2D eigenvalue weighted by Gasteiger charge is 2.13. The third-order valence-electron chi connectivity index (χ3n) is 2.75. The van der Waals surface area contributed by atoms with Crippen molar-refractivity contribution in [3.63, 3.8) is 0 Å². The van der Waals surface area contributed by atoms with E-state index < -0.39 is 0 Å². The number of thiophene rings is 1. The van der Waals surface area contributed by atoms with Gasteiger partial charge in [-0.1, -0.05) is 12.1 Å². The van der Waals surface area contributed by atoms with Crippen LogP contribution in [0.3, 0.4) is 0 Å². The summed E-state index contributed by atoms with van der Waals surface area (Å²) >= 11 is 5.23. The summed E-state index contributed by atoms with van der Waals surface area (Å²) in [6.45, 7) is 0.565. The van der Waals surface area contributed by atoms with Gasteiger partial charge in [0.1, 0.15) is 5.82 Å². The summed E-state index contributed by atoms with van der Waals surface area (Å²) in [7, 11) is 0. The van der Waals surface area contributed by atoms with Crippen LogP contribution >= 0.6 is 27.3 Å². The highest BCUT2D eigenvalue weighted by molar-refractivity contribution is 9.10. The van der Waals surface area contributed by atoms with Gasteiger partial charge in [-0.25, -0.2) is 4.39 Å². The standard InChI is InChI=1S/C13H13BrFNS/c14-12-5-6-17-13(12)7-10(8-16)9-1-3-11(15)4-2-9/h1-6,10H,7-8,16H2. The lowest BCUT2D eigenvalue weighted by Crippen LogP contribution is -2.14. The van der Waals surface area contributed by atoms with Crippen LogP contribution in [0.25, 0.3) is 0 Å². The Morgan fingerprint density at radius 2 is 1.94 bits per heavy atom. The molecule has 1 aromatic carbocycles. The van der Waals surface area contributed by atoms with Gasteiger partial charge in [0.15, 0.2) is 0 Å². The summed E-state index contributed by atoms with van der Waals surface area (Å²) in [5.41, 5.74) is 6.90.